The molecule has 1 amide bonds. The van der Waals surface area contributed by atoms with Gasteiger partial charge in [0.25, 0.3) is 11.6 Å². The van der Waals surface area contributed by atoms with Crippen molar-refractivity contribution in [3.05, 3.63) is 69.3 Å². The Labute approximate surface area is 147 Å². The molecule has 0 atom stereocenters. The SMILES string of the molecule is CCN(CC)Cc1cccc(NC(=O)c2cccc([N+](=O)[O-])c2C)c1. The lowest BCUT2D eigenvalue weighted by Crippen LogP contribution is -2.22. The van der Waals surface area contributed by atoms with Crippen LogP contribution in [0.5, 0.6) is 0 Å². The van der Waals surface area contributed by atoms with Gasteiger partial charge in [0.2, 0.25) is 0 Å². The summed E-state index contributed by atoms with van der Waals surface area (Å²) >= 11 is 0. The predicted octanol–water partition coefficient (Wildman–Crippen LogP) is 4.00. The van der Waals surface area contributed by atoms with Gasteiger partial charge in [0.15, 0.2) is 0 Å². The van der Waals surface area contributed by atoms with Crippen molar-refractivity contribution in [1.29, 1.82) is 0 Å². The highest BCUT2D eigenvalue weighted by Gasteiger charge is 2.18. The predicted molar refractivity (Wildman–Crippen MR) is 98.9 cm³/mol. The van der Waals surface area contributed by atoms with Gasteiger partial charge in [-0.05, 0) is 43.8 Å². The van der Waals surface area contributed by atoms with Crippen LogP contribution in [0.4, 0.5) is 11.4 Å². The van der Waals surface area contributed by atoms with E-state index in [1.165, 1.54) is 12.1 Å². The lowest BCUT2D eigenvalue weighted by Gasteiger charge is -2.18. The number of anilines is 1. The summed E-state index contributed by atoms with van der Waals surface area (Å²) in [6.45, 7) is 8.54. The van der Waals surface area contributed by atoms with E-state index in [4.69, 9.17) is 0 Å². The topological polar surface area (TPSA) is 75.5 Å². The van der Waals surface area contributed by atoms with E-state index in [0.717, 1.165) is 25.2 Å². The molecule has 132 valence electrons. The second kappa shape index (κ2) is 8.39. The number of carbonyl (C=O) groups excluding carboxylic acids is 1. The second-order valence-electron chi connectivity index (χ2n) is 5.82. The number of carbonyl (C=O) groups is 1. The van der Waals surface area contributed by atoms with Crippen LogP contribution >= 0.6 is 0 Å². The number of hydrogen-bond donors (Lipinski definition) is 1. The number of amides is 1. The van der Waals surface area contributed by atoms with E-state index in [1.807, 2.05) is 24.3 Å². The molecule has 0 unspecified atom stereocenters. The molecule has 2 rings (SSSR count). The van der Waals surface area contributed by atoms with Crippen molar-refractivity contribution in [2.75, 3.05) is 18.4 Å². The fourth-order valence-corrected chi connectivity index (χ4v) is 2.72. The Morgan fingerprint density at radius 3 is 2.48 bits per heavy atom. The maximum atomic E-state index is 12.5. The highest BCUT2D eigenvalue weighted by Crippen LogP contribution is 2.22. The maximum absolute atomic E-state index is 12.5. The van der Waals surface area contributed by atoms with E-state index in [-0.39, 0.29) is 11.6 Å². The fourth-order valence-electron chi connectivity index (χ4n) is 2.72. The van der Waals surface area contributed by atoms with Crippen molar-refractivity contribution in [2.24, 2.45) is 0 Å². The molecule has 0 aliphatic heterocycles. The molecule has 0 saturated carbocycles. The largest absolute Gasteiger partial charge is 0.322 e. The molecule has 6 nitrogen and oxygen atoms in total. The van der Waals surface area contributed by atoms with E-state index in [2.05, 4.69) is 24.1 Å². The Morgan fingerprint density at radius 1 is 1.16 bits per heavy atom. The lowest BCUT2D eigenvalue weighted by atomic mass is 10.1. The van der Waals surface area contributed by atoms with E-state index >= 15 is 0 Å². The van der Waals surface area contributed by atoms with Crippen LogP contribution in [-0.4, -0.2) is 28.8 Å². The minimum atomic E-state index is -0.475. The summed E-state index contributed by atoms with van der Waals surface area (Å²) in [5, 5.41) is 13.9. The molecule has 0 fully saturated rings. The van der Waals surface area contributed by atoms with Gasteiger partial charge in [-0.1, -0.05) is 32.0 Å². The molecule has 6 heteroatoms. The smallest absolute Gasteiger partial charge is 0.273 e. The van der Waals surface area contributed by atoms with Gasteiger partial charge >= 0.3 is 0 Å². The first-order valence-electron chi connectivity index (χ1n) is 8.32. The van der Waals surface area contributed by atoms with Crippen LogP contribution in [0.2, 0.25) is 0 Å². The van der Waals surface area contributed by atoms with Crippen molar-refractivity contribution < 1.29 is 9.72 Å². The molecule has 0 aromatic heterocycles. The molecule has 1 N–H and O–H groups in total. The van der Waals surface area contributed by atoms with Crippen molar-refractivity contribution in [3.63, 3.8) is 0 Å². The molecule has 0 saturated heterocycles. The van der Waals surface area contributed by atoms with E-state index < -0.39 is 4.92 Å². The average Bonchev–Trinajstić information content (AvgIpc) is 2.59. The van der Waals surface area contributed by atoms with Gasteiger partial charge in [0, 0.05) is 29.4 Å². The Morgan fingerprint density at radius 2 is 1.84 bits per heavy atom. The molecule has 2 aromatic rings. The summed E-state index contributed by atoms with van der Waals surface area (Å²) in [6, 6.07) is 12.2. The zero-order chi connectivity index (χ0) is 18.4. The first-order chi connectivity index (χ1) is 12.0. The normalized spacial score (nSPS) is 10.7. The van der Waals surface area contributed by atoms with Gasteiger partial charge in [-0.15, -0.1) is 0 Å². The zero-order valence-electron chi connectivity index (χ0n) is 14.8. The van der Waals surface area contributed by atoms with Crippen LogP contribution in [0.3, 0.4) is 0 Å². The van der Waals surface area contributed by atoms with Gasteiger partial charge in [-0.25, -0.2) is 0 Å². The van der Waals surface area contributed by atoms with E-state index in [0.29, 0.717) is 16.8 Å². The molecule has 0 bridgehead atoms. The molecule has 25 heavy (non-hydrogen) atoms. The summed E-state index contributed by atoms with van der Waals surface area (Å²) in [6.07, 6.45) is 0. The quantitative estimate of drug-likeness (QED) is 0.610. The van der Waals surface area contributed by atoms with Crippen molar-refractivity contribution >= 4 is 17.3 Å². The number of nitrogens with zero attached hydrogens (tertiary/aromatic N) is 2. The molecule has 0 heterocycles. The second-order valence-corrected chi connectivity index (χ2v) is 5.82. The third-order valence-electron chi connectivity index (χ3n) is 4.23. The number of nitro benzene ring substituents is 1. The van der Waals surface area contributed by atoms with Gasteiger partial charge in [0.1, 0.15) is 0 Å². The Balaban J connectivity index is 2.19. The van der Waals surface area contributed by atoms with Crippen molar-refractivity contribution in [3.8, 4) is 0 Å². The van der Waals surface area contributed by atoms with Gasteiger partial charge in [-0.3, -0.25) is 19.8 Å². The molecule has 0 spiro atoms. The van der Waals surface area contributed by atoms with Crippen LogP contribution < -0.4 is 5.32 Å². The Hall–Kier alpha value is -2.73. The Kier molecular flexibility index (Phi) is 6.25. The molecular formula is C19H23N3O3. The first-order valence-corrected chi connectivity index (χ1v) is 8.32. The zero-order valence-corrected chi connectivity index (χ0v) is 14.8. The van der Waals surface area contributed by atoms with Crippen molar-refractivity contribution in [1.82, 2.24) is 4.90 Å². The average molecular weight is 341 g/mol. The number of hydrogen-bond acceptors (Lipinski definition) is 4. The lowest BCUT2D eigenvalue weighted by molar-refractivity contribution is -0.385. The summed E-state index contributed by atoms with van der Waals surface area (Å²) < 4.78 is 0. The van der Waals surface area contributed by atoms with E-state index in [1.54, 1.807) is 13.0 Å². The maximum Gasteiger partial charge on any atom is 0.273 e. The summed E-state index contributed by atoms with van der Waals surface area (Å²) in [7, 11) is 0. The monoisotopic (exact) mass is 341 g/mol. The van der Waals surface area contributed by atoms with Gasteiger partial charge < -0.3 is 5.32 Å². The minimum Gasteiger partial charge on any atom is -0.322 e. The number of nitrogens with one attached hydrogen (secondary N) is 1. The van der Waals surface area contributed by atoms with Gasteiger partial charge in [-0.2, -0.15) is 0 Å². The van der Waals surface area contributed by atoms with Crippen LogP contribution in [0.15, 0.2) is 42.5 Å². The summed E-state index contributed by atoms with van der Waals surface area (Å²) in [5.74, 6) is -0.346. The molecule has 0 aliphatic carbocycles. The van der Waals surface area contributed by atoms with E-state index in [9.17, 15) is 14.9 Å². The third-order valence-corrected chi connectivity index (χ3v) is 4.23. The fraction of sp³-hybridized carbons (Fsp3) is 0.316. The molecule has 2 aromatic carbocycles. The molecular weight excluding hydrogens is 318 g/mol. The van der Waals surface area contributed by atoms with Gasteiger partial charge in [0.05, 0.1) is 4.92 Å². The minimum absolute atomic E-state index is 0.0528. The number of nitro groups is 1. The van der Waals surface area contributed by atoms with Crippen LogP contribution in [-0.2, 0) is 6.54 Å². The third kappa shape index (κ3) is 4.64. The highest BCUT2D eigenvalue weighted by atomic mass is 16.6. The molecule has 0 aliphatic rings. The number of benzene rings is 2. The standard InChI is InChI=1S/C19H23N3O3/c1-4-21(5-2)13-15-8-6-9-16(12-15)20-19(23)17-10-7-11-18(14(17)3)22(24)25/h6-12H,4-5,13H2,1-3H3,(H,20,23). The molecule has 0 radical (unpaired) electrons. The Bertz CT molecular complexity index is 770. The van der Waals surface area contributed by atoms with Crippen LogP contribution in [0, 0.1) is 17.0 Å². The number of rotatable bonds is 7. The van der Waals surface area contributed by atoms with Crippen molar-refractivity contribution in [2.45, 2.75) is 27.3 Å². The van der Waals surface area contributed by atoms with Crippen LogP contribution in [0.25, 0.3) is 0 Å². The first kappa shape index (κ1) is 18.6. The highest BCUT2D eigenvalue weighted by molar-refractivity contribution is 6.05. The summed E-state index contributed by atoms with van der Waals surface area (Å²) in [5.41, 5.74) is 2.41. The van der Waals surface area contributed by atoms with Crippen LogP contribution in [0.1, 0.15) is 35.3 Å². The summed E-state index contributed by atoms with van der Waals surface area (Å²) in [4.78, 5) is 25.3.